The Morgan fingerprint density at radius 2 is 1.76 bits per heavy atom. The molecule has 7 nitrogen and oxygen atoms in total. The van der Waals surface area contributed by atoms with E-state index >= 15 is 0 Å². The van der Waals surface area contributed by atoms with Crippen LogP contribution in [0.2, 0.25) is 0 Å². The molecule has 1 aromatic carbocycles. The number of carbonyl (C=O) groups is 1. The van der Waals surface area contributed by atoms with Crippen molar-refractivity contribution in [2.24, 2.45) is 0 Å². The molecular formula is C22H34N2O5. The van der Waals surface area contributed by atoms with Gasteiger partial charge >= 0.3 is 0 Å². The van der Waals surface area contributed by atoms with Crippen LogP contribution in [0.1, 0.15) is 37.3 Å². The molecule has 0 bridgehead atoms. The van der Waals surface area contributed by atoms with Crippen molar-refractivity contribution >= 4 is 5.91 Å². The van der Waals surface area contributed by atoms with Gasteiger partial charge in [-0.2, -0.15) is 0 Å². The summed E-state index contributed by atoms with van der Waals surface area (Å²) >= 11 is 0. The number of amides is 1. The number of hydrogen-bond acceptors (Lipinski definition) is 6. The molecule has 3 N–H and O–H groups in total. The van der Waals surface area contributed by atoms with E-state index in [0.29, 0.717) is 51.2 Å². The van der Waals surface area contributed by atoms with Crippen LogP contribution in [0.5, 0.6) is 5.75 Å². The lowest BCUT2D eigenvalue weighted by molar-refractivity contribution is -0.152. The molecule has 2 fully saturated rings. The molecule has 2 heterocycles. The molecule has 1 aromatic rings. The SMILES string of the molecule is CC(=O)N1CCC(O)(CN2CC[C@H](O)[C@@](O)(COc3cc(C)cc(C)c3)C2)CC1. The van der Waals surface area contributed by atoms with E-state index in [0.717, 1.165) is 11.1 Å². The summed E-state index contributed by atoms with van der Waals surface area (Å²) in [5.41, 5.74) is -0.121. The van der Waals surface area contributed by atoms with E-state index in [1.807, 2.05) is 30.9 Å². The van der Waals surface area contributed by atoms with Gasteiger partial charge in [0.05, 0.1) is 11.7 Å². The highest BCUT2D eigenvalue weighted by Gasteiger charge is 2.44. The lowest BCUT2D eigenvalue weighted by Crippen LogP contribution is -2.62. The van der Waals surface area contributed by atoms with Gasteiger partial charge in [-0.15, -0.1) is 0 Å². The van der Waals surface area contributed by atoms with Gasteiger partial charge in [0.1, 0.15) is 18.0 Å². The summed E-state index contributed by atoms with van der Waals surface area (Å²) in [6.07, 6.45) is 0.577. The first-order chi connectivity index (χ1) is 13.6. The molecule has 0 spiro atoms. The fourth-order valence-corrected chi connectivity index (χ4v) is 4.46. The Kier molecular flexibility index (Phi) is 6.53. The van der Waals surface area contributed by atoms with Crippen LogP contribution in [0.15, 0.2) is 18.2 Å². The van der Waals surface area contributed by atoms with Crippen molar-refractivity contribution in [3.8, 4) is 5.75 Å². The van der Waals surface area contributed by atoms with E-state index < -0.39 is 17.3 Å². The van der Waals surface area contributed by atoms with Crippen LogP contribution in [0, 0.1) is 13.8 Å². The third-order valence-corrected chi connectivity index (χ3v) is 6.18. The highest BCUT2D eigenvalue weighted by molar-refractivity contribution is 5.73. The first-order valence-corrected chi connectivity index (χ1v) is 10.4. The zero-order valence-corrected chi connectivity index (χ0v) is 17.7. The summed E-state index contributed by atoms with van der Waals surface area (Å²) in [6, 6.07) is 5.88. The number of ether oxygens (including phenoxy) is 1. The van der Waals surface area contributed by atoms with Gasteiger partial charge in [-0.1, -0.05) is 6.07 Å². The Morgan fingerprint density at radius 3 is 2.34 bits per heavy atom. The fourth-order valence-electron chi connectivity index (χ4n) is 4.46. The number of benzene rings is 1. The third kappa shape index (κ3) is 5.48. The van der Waals surface area contributed by atoms with Gasteiger partial charge in [0.25, 0.3) is 0 Å². The number of piperidine rings is 2. The lowest BCUT2D eigenvalue weighted by Gasteiger charge is -2.46. The molecule has 1 amide bonds. The quantitative estimate of drug-likeness (QED) is 0.671. The second-order valence-electron chi connectivity index (χ2n) is 8.96. The summed E-state index contributed by atoms with van der Waals surface area (Å²) in [5, 5.41) is 32.5. The van der Waals surface area contributed by atoms with E-state index in [9.17, 15) is 20.1 Å². The molecule has 162 valence electrons. The van der Waals surface area contributed by atoms with Gasteiger partial charge in [-0.3, -0.25) is 9.69 Å². The molecule has 29 heavy (non-hydrogen) atoms. The summed E-state index contributed by atoms with van der Waals surface area (Å²) in [5.74, 6) is 0.710. The van der Waals surface area contributed by atoms with Crippen LogP contribution in [0.25, 0.3) is 0 Å². The molecule has 0 radical (unpaired) electrons. The molecular weight excluding hydrogens is 372 g/mol. The van der Waals surface area contributed by atoms with Gasteiger partial charge in [0.2, 0.25) is 5.91 Å². The zero-order chi connectivity index (χ0) is 21.2. The van der Waals surface area contributed by atoms with E-state index in [1.165, 1.54) is 0 Å². The monoisotopic (exact) mass is 406 g/mol. The van der Waals surface area contributed by atoms with Crippen molar-refractivity contribution in [2.75, 3.05) is 39.3 Å². The molecule has 3 rings (SSSR count). The second-order valence-corrected chi connectivity index (χ2v) is 8.96. The normalized spacial score (nSPS) is 27.7. The largest absolute Gasteiger partial charge is 0.490 e. The first kappa shape index (κ1) is 22.0. The Hall–Kier alpha value is -1.67. The van der Waals surface area contributed by atoms with Crippen molar-refractivity contribution in [3.63, 3.8) is 0 Å². The molecule has 2 aliphatic heterocycles. The number of rotatable bonds is 5. The Bertz CT molecular complexity index is 712. The lowest BCUT2D eigenvalue weighted by atomic mass is 9.86. The maximum atomic E-state index is 11.5. The average Bonchev–Trinajstić information content (AvgIpc) is 2.63. The predicted molar refractivity (Wildman–Crippen MR) is 110 cm³/mol. The minimum Gasteiger partial charge on any atom is -0.490 e. The predicted octanol–water partition coefficient (Wildman–Crippen LogP) is 0.853. The average molecular weight is 407 g/mol. The molecule has 2 atom stereocenters. The molecule has 7 heteroatoms. The van der Waals surface area contributed by atoms with Crippen LogP contribution < -0.4 is 4.74 Å². The minimum absolute atomic E-state index is 0.00982. The summed E-state index contributed by atoms with van der Waals surface area (Å²) in [6.45, 7) is 7.86. The third-order valence-electron chi connectivity index (χ3n) is 6.18. The van der Waals surface area contributed by atoms with E-state index in [-0.39, 0.29) is 19.1 Å². The van der Waals surface area contributed by atoms with E-state index in [2.05, 4.69) is 6.07 Å². The van der Waals surface area contributed by atoms with Crippen molar-refractivity contribution in [3.05, 3.63) is 29.3 Å². The molecule has 0 unspecified atom stereocenters. The molecule has 0 aromatic heterocycles. The van der Waals surface area contributed by atoms with Crippen LogP contribution in [-0.2, 0) is 4.79 Å². The number of aryl methyl sites for hydroxylation is 2. The Morgan fingerprint density at radius 1 is 1.14 bits per heavy atom. The maximum Gasteiger partial charge on any atom is 0.219 e. The number of β-amino-alcohol motifs (C(OH)–C–C–N with tert-alkyl or cyclic N) is 2. The number of aliphatic hydroxyl groups excluding tert-OH is 1. The number of hydrogen-bond donors (Lipinski definition) is 3. The van der Waals surface area contributed by atoms with Crippen LogP contribution in [-0.4, -0.2) is 87.7 Å². The van der Waals surface area contributed by atoms with Crippen molar-refractivity contribution in [1.29, 1.82) is 0 Å². The fraction of sp³-hybridized carbons (Fsp3) is 0.682. The summed E-state index contributed by atoms with van der Waals surface area (Å²) in [7, 11) is 0. The van der Waals surface area contributed by atoms with Gasteiger partial charge in [0, 0.05) is 39.6 Å². The second kappa shape index (κ2) is 8.60. The van der Waals surface area contributed by atoms with Gasteiger partial charge in [-0.25, -0.2) is 0 Å². The van der Waals surface area contributed by atoms with E-state index in [4.69, 9.17) is 4.74 Å². The Labute approximate surface area is 172 Å². The highest BCUT2D eigenvalue weighted by atomic mass is 16.5. The molecule has 2 saturated heterocycles. The summed E-state index contributed by atoms with van der Waals surface area (Å²) in [4.78, 5) is 15.3. The summed E-state index contributed by atoms with van der Waals surface area (Å²) < 4.78 is 5.84. The number of carbonyl (C=O) groups excluding carboxylic acids is 1. The maximum absolute atomic E-state index is 11.5. The standard InChI is InChI=1S/C22H34N2O5/c1-16-10-17(2)12-19(11-16)29-15-22(28)14-23(7-4-20(22)26)13-21(27)5-8-24(9-6-21)18(3)25/h10-12,20,26-28H,4-9,13-15H2,1-3H3/t20-,22-/m0/s1. The van der Waals surface area contributed by atoms with Crippen LogP contribution >= 0.6 is 0 Å². The van der Waals surface area contributed by atoms with Gasteiger partial charge in [0.15, 0.2) is 0 Å². The molecule has 0 saturated carbocycles. The van der Waals surface area contributed by atoms with Crippen molar-refractivity contribution in [1.82, 2.24) is 9.80 Å². The van der Waals surface area contributed by atoms with Crippen molar-refractivity contribution < 1.29 is 24.9 Å². The molecule has 0 aliphatic carbocycles. The zero-order valence-electron chi connectivity index (χ0n) is 17.7. The Balaban J connectivity index is 1.59. The van der Waals surface area contributed by atoms with E-state index in [1.54, 1.807) is 11.8 Å². The number of nitrogens with zero attached hydrogens (tertiary/aromatic N) is 2. The van der Waals surface area contributed by atoms with Crippen LogP contribution in [0.4, 0.5) is 0 Å². The number of likely N-dealkylation sites (tertiary alicyclic amines) is 2. The van der Waals surface area contributed by atoms with Crippen molar-refractivity contribution in [2.45, 2.75) is 57.3 Å². The first-order valence-electron chi connectivity index (χ1n) is 10.4. The smallest absolute Gasteiger partial charge is 0.219 e. The minimum atomic E-state index is -1.40. The van der Waals surface area contributed by atoms with Gasteiger partial charge in [-0.05, 0) is 56.4 Å². The number of aliphatic hydroxyl groups is 3. The topological polar surface area (TPSA) is 93.5 Å². The van der Waals surface area contributed by atoms with Crippen LogP contribution in [0.3, 0.4) is 0 Å². The highest BCUT2D eigenvalue weighted by Crippen LogP contribution is 2.29. The van der Waals surface area contributed by atoms with Gasteiger partial charge < -0.3 is 25.0 Å². The molecule has 2 aliphatic rings.